The van der Waals surface area contributed by atoms with E-state index in [2.05, 4.69) is 28.4 Å². The van der Waals surface area contributed by atoms with Gasteiger partial charge in [0, 0.05) is 26.2 Å². The van der Waals surface area contributed by atoms with Crippen molar-refractivity contribution >= 4 is 0 Å². The molecule has 3 heteroatoms. The SMILES string of the molecule is c1cc2c(cc1CN1CCOCC1)CNCC2. The van der Waals surface area contributed by atoms with Crippen LogP contribution >= 0.6 is 0 Å². The van der Waals surface area contributed by atoms with Crippen LogP contribution in [0.2, 0.25) is 0 Å². The third-order valence-electron chi connectivity index (χ3n) is 3.67. The Hall–Kier alpha value is -0.900. The molecule has 3 rings (SSSR count). The molecule has 0 aromatic heterocycles. The van der Waals surface area contributed by atoms with Crippen molar-refractivity contribution in [2.75, 3.05) is 32.8 Å². The van der Waals surface area contributed by atoms with E-state index >= 15 is 0 Å². The largest absolute Gasteiger partial charge is 0.379 e. The molecule has 2 aliphatic heterocycles. The molecule has 0 aliphatic carbocycles. The zero-order valence-corrected chi connectivity index (χ0v) is 10.2. The van der Waals surface area contributed by atoms with Crippen LogP contribution in [0.4, 0.5) is 0 Å². The Bertz CT molecular complexity index is 386. The highest BCUT2D eigenvalue weighted by molar-refractivity contribution is 5.33. The number of hydrogen-bond acceptors (Lipinski definition) is 3. The number of nitrogens with one attached hydrogen (secondary N) is 1. The summed E-state index contributed by atoms with van der Waals surface area (Å²) in [6, 6.07) is 6.97. The van der Waals surface area contributed by atoms with Crippen LogP contribution in [0.1, 0.15) is 16.7 Å². The molecule has 0 radical (unpaired) electrons. The minimum Gasteiger partial charge on any atom is -0.379 e. The fourth-order valence-corrected chi connectivity index (χ4v) is 2.65. The minimum atomic E-state index is 0.881. The lowest BCUT2D eigenvalue weighted by molar-refractivity contribution is 0.0342. The topological polar surface area (TPSA) is 24.5 Å². The molecule has 1 aromatic rings. The van der Waals surface area contributed by atoms with E-state index in [-0.39, 0.29) is 0 Å². The number of hydrogen-bond donors (Lipinski definition) is 1. The van der Waals surface area contributed by atoms with Crippen LogP contribution in [0.3, 0.4) is 0 Å². The molecule has 1 aromatic carbocycles. The smallest absolute Gasteiger partial charge is 0.0594 e. The normalized spacial score (nSPS) is 21.2. The molecule has 17 heavy (non-hydrogen) atoms. The quantitative estimate of drug-likeness (QED) is 0.828. The number of fused-ring (bicyclic) bond motifs is 1. The van der Waals surface area contributed by atoms with Gasteiger partial charge in [-0.05, 0) is 29.7 Å². The van der Waals surface area contributed by atoms with Gasteiger partial charge >= 0.3 is 0 Å². The van der Waals surface area contributed by atoms with Gasteiger partial charge in [0.25, 0.3) is 0 Å². The Labute approximate surface area is 103 Å². The van der Waals surface area contributed by atoms with Crippen molar-refractivity contribution in [1.29, 1.82) is 0 Å². The number of ether oxygens (including phenoxy) is 1. The summed E-state index contributed by atoms with van der Waals surface area (Å²) in [5, 5.41) is 3.44. The van der Waals surface area contributed by atoms with Gasteiger partial charge in [-0.25, -0.2) is 0 Å². The van der Waals surface area contributed by atoms with Gasteiger partial charge in [-0.15, -0.1) is 0 Å². The fraction of sp³-hybridized carbons (Fsp3) is 0.571. The van der Waals surface area contributed by atoms with Crippen LogP contribution in [0.25, 0.3) is 0 Å². The average Bonchev–Trinajstić information content (AvgIpc) is 2.40. The molecule has 1 fully saturated rings. The first-order valence-corrected chi connectivity index (χ1v) is 6.53. The van der Waals surface area contributed by atoms with Gasteiger partial charge in [0.05, 0.1) is 13.2 Å². The lowest BCUT2D eigenvalue weighted by Crippen LogP contribution is -2.35. The van der Waals surface area contributed by atoms with Crippen molar-refractivity contribution in [3.8, 4) is 0 Å². The second-order valence-electron chi connectivity index (χ2n) is 4.92. The number of morpholine rings is 1. The summed E-state index contributed by atoms with van der Waals surface area (Å²) < 4.78 is 5.38. The molecule has 0 unspecified atom stereocenters. The molecule has 2 aliphatic rings. The van der Waals surface area contributed by atoms with Crippen molar-refractivity contribution in [2.45, 2.75) is 19.5 Å². The third-order valence-corrected chi connectivity index (χ3v) is 3.67. The van der Waals surface area contributed by atoms with E-state index in [1.165, 1.54) is 23.1 Å². The minimum absolute atomic E-state index is 0.881. The van der Waals surface area contributed by atoms with Crippen LogP contribution in [-0.2, 0) is 24.2 Å². The zero-order valence-electron chi connectivity index (χ0n) is 10.2. The monoisotopic (exact) mass is 232 g/mol. The summed E-state index contributed by atoms with van der Waals surface area (Å²) in [4.78, 5) is 2.47. The van der Waals surface area contributed by atoms with E-state index in [1.807, 2.05) is 0 Å². The molecular weight excluding hydrogens is 212 g/mol. The molecule has 2 heterocycles. The number of benzene rings is 1. The summed E-state index contributed by atoms with van der Waals surface area (Å²) >= 11 is 0. The fourth-order valence-electron chi connectivity index (χ4n) is 2.65. The van der Waals surface area contributed by atoms with Crippen molar-refractivity contribution in [3.05, 3.63) is 34.9 Å². The first-order chi connectivity index (χ1) is 8.42. The maximum atomic E-state index is 5.38. The molecular formula is C14H20N2O. The van der Waals surface area contributed by atoms with Crippen LogP contribution < -0.4 is 5.32 Å². The Kier molecular flexibility index (Phi) is 3.41. The van der Waals surface area contributed by atoms with E-state index < -0.39 is 0 Å². The van der Waals surface area contributed by atoms with Gasteiger partial charge in [0.2, 0.25) is 0 Å². The predicted octanol–water partition coefficient (Wildman–Crippen LogP) is 1.16. The maximum absolute atomic E-state index is 5.38. The van der Waals surface area contributed by atoms with Crippen molar-refractivity contribution in [1.82, 2.24) is 10.2 Å². The lowest BCUT2D eigenvalue weighted by atomic mass is 9.98. The van der Waals surface area contributed by atoms with Gasteiger partial charge in [0.1, 0.15) is 0 Å². The highest BCUT2D eigenvalue weighted by Gasteiger charge is 2.13. The molecule has 92 valence electrons. The second kappa shape index (κ2) is 5.17. The first kappa shape index (κ1) is 11.2. The highest BCUT2D eigenvalue weighted by atomic mass is 16.5. The molecule has 1 saturated heterocycles. The second-order valence-corrected chi connectivity index (χ2v) is 4.92. The van der Waals surface area contributed by atoms with E-state index in [1.54, 1.807) is 0 Å². The molecule has 0 spiro atoms. The predicted molar refractivity (Wildman–Crippen MR) is 67.9 cm³/mol. The average molecular weight is 232 g/mol. The summed E-state index contributed by atoms with van der Waals surface area (Å²) in [7, 11) is 0. The van der Waals surface area contributed by atoms with Crippen LogP contribution in [0.15, 0.2) is 18.2 Å². The number of rotatable bonds is 2. The summed E-state index contributed by atoms with van der Waals surface area (Å²) in [6.07, 6.45) is 1.17. The Balaban J connectivity index is 1.70. The van der Waals surface area contributed by atoms with Gasteiger partial charge < -0.3 is 10.1 Å². The van der Waals surface area contributed by atoms with Crippen molar-refractivity contribution in [2.24, 2.45) is 0 Å². The van der Waals surface area contributed by atoms with E-state index in [0.717, 1.165) is 45.9 Å². The van der Waals surface area contributed by atoms with Gasteiger partial charge in [-0.3, -0.25) is 4.90 Å². The number of nitrogens with zero attached hydrogens (tertiary/aromatic N) is 1. The summed E-state index contributed by atoms with van der Waals surface area (Å²) in [5.74, 6) is 0. The maximum Gasteiger partial charge on any atom is 0.0594 e. The van der Waals surface area contributed by atoms with Crippen molar-refractivity contribution < 1.29 is 4.74 Å². The van der Waals surface area contributed by atoms with Crippen LogP contribution in [-0.4, -0.2) is 37.7 Å². The molecule has 0 bridgehead atoms. The van der Waals surface area contributed by atoms with Gasteiger partial charge in [-0.2, -0.15) is 0 Å². The van der Waals surface area contributed by atoms with Gasteiger partial charge in [-0.1, -0.05) is 18.2 Å². The molecule has 0 saturated carbocycles. The van der Waals surface area contributed by atoms with E-state index in [9.17, 15) is 0 Å². The van der Waals surface area contributed by atoms with Gasteiger partial charge in [0.15, 0.2) is 0 Å². The van der Waals surface area contributed by atoms with Crippen LogP contribution in [0, 0.1) is 0 Å². The first-order valence-electron chi connectivity index (χ1n) is 6.53. The third kappa shape index (κ3) is 2.68. The molecule has 0 atom stereocenters. The zero-order chi connectivity index (χ0) is 11.5. The lowest BCUT2D eigenvalue weighted by Gasteiger charge is -2.27. The molecule has 3 nitrogen and oxygen atoms in total. The van der Waals surface area contributed by atoms with E-state index in [4.69, 9.17) is 4.74 Å². The standard InChI is InChI=1S/C14H20N2O/c1-2-13-3-4-15-10-14(13)9-12(1)11-16-5-7-17-8-6-16/h1-2,9,15H,3-8,10-11H2. The Morgan fingerprint density at radius 3 is 2.94 bits per heavy atom. The Morgan fingerprint density at radius 2 is 2.06 bits per heavy atom. The van der Waals surface area contributed by atoms with E-state index in [0.29, 0.717) is 0 Å². The highest BCUT2D eigenvalue weighted by Crippen LogP contribution is 2.17. The molecule has 1 N–H and O–H groups in total. The Morgan fingerprint density at radius 1 is 1.18 bits per heavy atom. The van der Waals surface area contributed by atoms with Crippen molar-refractivity contribution in [3.63, 3.8) is 0 Å². The molecule has 0 amide bonds. The summed E-state index contributed by atoms with van der Waals surface area (Å²) in [6.45, 7) is 7.11. The van der Waals surface area contributed by atoms with Crippen LogP contribution in [0.5, 0.6) is 0 Å². The summed E-state index contributed by atoms with van der Waals surface area (Å²) in [5.41, 5.74) is 4.45.